The molecular weight excluding hydrogens is 182 g/mol. The number of rotatable bonds is 1. The fourth-order valence-electron chi connectivity index (χ4n) is 0.685. The van der Waals surface area contributed by atoms with Crippen molar-refractivity contribution in [3.8, 4) is 0 Å². The molecule has 66 valence electrons. The predicted molar refractivity (Wildman–Crippen MR) is 44.6 cm³/mol. The fourth-order valence-corrected chi connectivity index (χ4v) is 0.962. The monoisotopic (exact) mass is 189 g/mol. The first-order valence-electron chi connectivity index (χ1n) is 2.97. The van der Waals surface area contributed by atoms with Crippen LogP contribution in [0.1, 0.15) is 16.1 Å². The molecular formula is C7H8ClNO3. The van der Waals surface area contributed by atoms with Crippen molar-refractivity contribution in [3.63, 3.8) is 0 Å². The van der Waals surface area contributed by atoms with Gasteiger partial charge >= 0.3 is 5.97 Å². The number of carbonyl (C=O) groups is 1. The van der Waals surface area contributed by atoms with Crippen molar-refractivity contribution in [2.24, 2.45) is 0 Å². The van der Waals surface area contributed by atoms with Gasteiger partial charge in [0.25, 0.3) is 0 Å². The van der Waals surface area contributed by atoms with Gasteiger partial charge in [-0.25, -0.2) is 9.78 Å². The summed E-state index contributed by atoms with van der Waals surface area (Å²) in [6.07, 6.45) is 0. The largest absolute Gasteiger partial charge is 0.478 e. The quantitative estimate of drug-likeness (QED) is 0.667. The summed E-state index contributed by atoms with van der Waals surface area (Å²) in [4.78, 5) is 14.2. The first-order valence-corrected chi connectivity index (χ1v) is 3.35. The van der Waals surface area contributed by atoms with Crippen molar-refractivity contribution in [1.29, 1.82) is 0 Å². The van der Waals surface area contributed by atoms with Crippen LogP contribution >= 0.6 is 11.6 Å². The zero-order valence-corrected chi connectivity index (χ0v) is 7.09. The highest BCUT2D eigenvalue weighted by Gasteiger charge is 2.08. The van der Waals surface area contributed by atoms with E-state index in [0.717, 1.165) is 0 Å². The molecule has 1 aromatic rings. The van der Waals surface area contributed by atoms with Crippen LogP contribution in [-0.4, -0.2) is 21.5 Å². The summed E-state index contributed by atoms with van der Waals surface area (Å²) in [7, 11) is 0. The molecule has 0 radical (unpaired) electrons. The maximum Gasteiger partial charge on any atom is 0.338 e. The Morgan fingerprint density at radius 2 is 2.17 bits per heavy atom. The molecule has 0 fully saturated rings. The molecule has 0 aliphatic heterocycles. The summed E-state index contributed by atoms with van der Waals surface area (Å²) in [5.41, 5.74) is 0.747. The number of hydrogen-bond donors (Lipinski definition) is 1. The first-order chi connectivity index (χ1) is 5.11. The molecule has 12 heavy (non-hydrogen) atoms. The standard InChI is InChI=1S/C7H6ClNO2.H2O/c1-4-2-3-5(7(10)11)6(8)9-4;/h2-3H,1H3,(H,10,11);1H2. The highest BCUT2D eigenvalue weighted by molar-refractivity contribution is 6.32. The molecule has 0 atom stereocenters. The van der Waals surface area contributed by atoms with E-state index in [9.17, 15) is 4.79 Å². The third-order valence-electron chi connectivity index (χ3n) is 1.22. The summed E-state index contributed by atoms with van der Waals surface area (Å²) in [6.45, 7) is 1.75. The number of aromatic nitrogens is 1. The van der Waals surface area contributed by atoms with Gasteiger partial charge in [-0.1, -0.05) is 11.6 Å². The number of halogens is 1. The van der Waals surface area contributed by atoms with Crippen LogP contribution in [-0.2, 0) is 0 Å². The van der Waals surface area contributed by atoms with Crippen molar-refractivity contribution in [2.75, 3.05) is 0 Å². The van der Waals surface area contributed by atoms with Crippen LogP contribution in [0.4, 0.5) is 0 Å². The number of hydrogen-bond acceptors (Lipinski definition) is 2. The van der Waals surface area contributed by atoms with E-state index in [0.29, 0.717) is 5.69 Å². The van der Waals surface area contributed by atoms with Gasteiger partial charge in [-0.15, -0.1) is 0 Å². The Morgan fingerprint density at radius 3 is 2.58 bits per heavy atom. The second-order valence-electron chi connectivity index (χ2n) is 2.10. The van der Waals surface area contributed by atoms with Gasteiger partial charge in [0.05, 0.1) is 5.56 Å². The number of pyridine rings is 1. The summed E-state index contributed by atoms with van der Waals surface area (Å²) in [5, 5.41) is 8.57. The second-order valence-corrected chi connectivity index (χ2v) is 2.45. The van der Waals surface area contributed by atoms with Gasteiger partial charge in [0, 0.05) is 5.69 Å². The molecule has 1 aromatic heterocycles. The molecule has 0 amide bonds. The Kier molecular flexibility index (Phi) is 3.66. The lowest BCUT2D eigenvalue weighted by Crippen LogP contribution is -1.99. The van der Waals surface area contributed by atoms with Crippen LogP contribution in [0, 0.1) is 6.92 Å². The molecule has 0 aliphatic rings. The van der Waals surface area contributed by atoms with Crippen LogP contribution < -0.4 is 0 Å². The van der Waals surface area contributed by atoms with Gasteiger partial charge in [-0.2, -0.15) is 0 Å². The van der Waals surface area contributed by atoms with E-state index in [2.05, 4.69) is 4.98 Å². The Bertz CT molecular complexity index is 301. The summed E-state index contributed by atoms with van der Waals surface area (Å²) in [6, 6.07) is 3.04. The molecule has 0 unspecified atom stereocenters. The predicted octanol–water partition coefficient (Wildman–Crippen LogP) is 0.917. The highest BCUT2D eigenvalue weighted by Crippen LogP contribution is 2.12. The molecule has 0 aliphatic carbocycles. The van der Waals surface area contributed by atoms with E-state index in [1.807, 2.05) is 0 Å². The number of carboxylic acids is 1. The lowest BCUT2D eigenvalue weighted by molar-refractivity contribution is 0.0696. The van der Waals surface area contributed by atoms with Crippen LogP contribution in [0.2, 0.25) is 5.15 Å². The first kappa shape index (κ1) is 10.9. The number of aromatic carboxylic acids is 1. The van der Waals surface area contributed by atoms with E-state index in [4.69, 9.17) is 16.7 Å². The minimum atomic E-state index is -1.05. The van der Waals surface area contributed by atoms with Crippen molar-refractivity contribution in [3.05, 3.63) is 28.5 Å². The van der Waals surface area contributed by atoms with Crippen molar-refractivity contribution in [1.82, 2.24) is 4.98 Å². The van der Waals surface area contributed by atoms with Crippen LogP contribution in [0.5, 0.6) is 0 Å². The smallest absolute Gasteiger partial charge is 0.338 e. The molecule has 0 spiro atoms. The summed E-state index contributed by atoms with van der Waals surface area (Å²) >= 11 is 5.53. The molecule has 5 heteroatoms. The van der Waals surface area contributed by atoms with Gasteiger partial charge in [0.2, 0.25) is 0 Å². The summed E-state index contributed by atoms with van der Waals surface area (Å²) in [5.74, 6) is -1.05. The molecule has 0 saturated carbocycles. The Morgan fingerprint density at radius 1 is 1.58 bits per heavy atom. The molecule has 0 bridgehead atoms. The minimum Gasteiger partial charge on any atom is -0.478 e. The van der Waals surface area contributed by atoms with E-state index >= 15 is 0 Å². The van der Waals surface area contributed by atoms with Gasteiger partial charge in [0.1, 0.15) is 5.15 Å². The SMILES string of the molecule is Cc1ccc(C(=O)O)c(Cl)n1.O. The van der Waals surface area contributed by atoms with E-state index in [1.54, 1.807) is 13.0 Å². The Labute approximate surface area is 74.1 Å². The normalized spacial score (nSPS) is 8.83. The lowest BCUT2D eigenvalue weighted by atomic mass is 10.2. The zero-order chi connectivity index (χ0) is 8.43. The summed E-state index contributed by atoms with van der Waals surface area (Å²) < 4.78 is 0. The van der Waals surface area contributed by atoms with E-state index in [1.165, 1.54) is 6.07 Å². The van der Waals surface area contributed by atoms with Gasteiger partial charge in [-0.3, -0.25) is 0 Å². The topological polar surface area (TPSA) is 81.7 Å². The molecule has 3 N–H and O–H groups in total. The molecule has 0 aromatic carbocycles. The Hall–Kier alpha value is -1.13. The molecule has 1 rings (SSSR count). The average molecular weight is 190 g/mol. The average Bonchev–Trinajstić information content (AvgIpc) is 1.85. The fraction of sp³-hybridized carbons (Fsp3) is 0.143. The maximum absolute atomic E-state index is 10.4. The lowest BCUT2D eigenvalue weighted by Gasteiger charge is -1.97. The third kappa shape index (κ3) is 2.18. The van der Waals surface area contributed by atoms with Crippen molar-refractivity contribution < 1.29 is 15.4 Å². The molecule has 1 heterocycles. The van der Waals surface area contributed by atoms with Crippen LogP contribution in [0.15, 0.2) is 12.1 Å². The molecule has 0 saturated heterocycles. The van der Waals surface area contributed by atoms with Crippen molar-refractivity contribution in [2.45, 2.75) is 6.92 Å². The van der Waals surface area contributed by atoms with E-state index < -0.39 is 5.97 Å². The maximum atomic E-state index is 10.4. The second kappa shape index (κ2) is 4.04. The Balaban J connectivity index is 0.00000121. The van der Waals surface area contributed by atoms with Gasteiger partial charge in [-0.05, 0) is 19.1 Å². The number of aryl methyl sites for hydroxylation is 1. The minimum absolute atomic E-state index is 0. The highest BCUT2D eigenvalue weighted by atomic mass is 35.5. The number of carboxylic acid groups (broad SMARTS) is 1. The van der Waals surface area contributed by atoms with E-state index in [-0.39, 0.29) is 16.2 Å². The van der Waals surface area contributed by atoms with Crippen LogP contribution in [0.25, 0.3) is 0 Å². The molecule has 4 nitrogen and oxygen atoms in total. The van der Waals surface area contributed by atoms with Crippen LogP contribution in [0.3, 0.4) is 0 Å². The van der Waals surface area contributed by atoms with Gasteiger partial charge < -0.3 is 10.6 Å². The third-order valence-corrected chi connectivity index (χ3v) is 1.51. The van der Waals surface area contributed by atoms with Crippen molar-refractivity contribution >= 4 is 17.6 Å². The van der Waals surface area contributed by atoms with Gasteiger partial charge in [0.15, 0.2) is 0 Å². The number of nitrogens with zero attached hydrogens (tertiary/aromatic N) is 1. The zero-order valence-electron chi connectivity index (χ0n) is 6.34.